The van der Waals surface area contributed by atoms with Crippen LogP contribution in [0.4, 0.5) is 5.69 Å². The molecule has 1 saturated carbocycles. The van der Waals surface area contributed by atoms with Gasteiger partial charge in [0.1, 0.15) is 4.90 Å². The summed E-state index contributed by atoms with van der Waals surface area (Å²) >= 11 is 0. The molecular formula is C14H19N3O3S. The third kappa shape index (κ3) is 2.75. The van der Waals surface area contributed by atoms with E-state index in [-0.39, 0.29) is 28.1 Å². The van der Waals surface area contributed by atoms with E-state index in [1.807, 2.05) is 19.9 Å². The van der Waals surface area contributed by atoms with Crippen LogP contribution in [-0.2, 0) is 14.8 Å². The van der Waals surface area contributed by atoms with E-state index in [1.165, 1.54) is 18.2 Å². The zero-order valence-electron chi connectivity index (χ0n) is 12.3. The molecule has 6 nitrogen and oxygen atoms in total. The van der Waals surface area contributed by atoms with Gasteiger partial charge in [-0.25, -0.2) is 13.1 Å². The van der Waals surface area contributed by atoms with Crippen molar-refractivity contribution < 1.29 is 13.2 Å². The largest absolute Gasteiger partial charge is 0.398 e. The molecule has 2 atom stereocenters. The quantitative estimate of drug-likeness (QED) is 0.814. The van der Waals surface area contributed by atoms with Crippen molar-refractivity contribution in [2.45, 2.75) is 37.3 Å². The average molecular weight is 309 g/mol. The van der Waals surface area contributed by atoms with Crippen LogP contribution in [0.5, 0.6) is 0 Å². The van der Waals surface area contributed by atoms with Crippen LogP contribution in [0.2, 0.25) is 0 Å². The highest BCUT2D eigenvalue weighted by molar-refractivity contribution is 7.89. The second-order valence-electron chi connectivity index (χ2n) is 5.82. The number of hydrogen-bond donors (Lipinski definition) is 2. The van der Waals surface area contributed by atoms with Crippen molar-refractivity contribution in [3.05, 3.63) is 23.8 Å². The summed E-state index contributed by atoms with van der Waals surface area (Å²) in [7, 11) is -2.10. The van der Waals surface area contributed by atoms with Crippen LogP contribution in [0, 0.1) is 16.7 Å². The Hall–Kier alpha value is -1.62. The molecule has 21 heavy (non-hydrogen) atoms. The molecule has 0 aromatic heterocycles. The molecule has 1 aliphatic rings. The highest BCUT2D eigenvalue weighted by Crippen LogP contribution is 2.43. The van der Waals surface area contributed by atoms with Crippen molar-refractivity contribution in [1.29, 1.82) is 5.26 Å². The fourth-order valence-electron chi connectivity index (χ4n) is 2.60. The number of nitriles is 1. The number of sulfonamides is 1. The maximum absolute atomic E-state index is 12.4. The number of hydrogen-bond acceptors (Lipinski definition) is 5. The number of rotatable bonds is 4. The number of nitrogens with one attached hydrogen (secondary N) is 1. The van der Waals surface area contributed by atoms with E-state index in [0.717, 1.165) is 0 Å². The highest BCUT2D eigenvalue weighted by atomic mass is 32.2. The van der Waals surface area contributed by atoms with Crippen LogP contribution in [0.25, 0.3) is 0 Å². The molecule has 1 aromatic carbocycles. The molecule has 1 fully saturated rings. The van der Waals surface area contributed by atoms with Gasteiger partial charge in [0, 0.05) is 18.6 Å². The first-order valence-corrected chi connectivity index (χ1v) is 8.05. The molecule has 0 bridgehead atoms. The Morgan fingerprint density at radius 2 is 2.14 bits per heavy atom. The number of nitrogens with two attached hydrogens (primary N) is 1. The standard InChI is InChI=1S/C14H19N3O3S/c1-14(2)12(7-13(14)20-3)17-21(18,19)11-5-4-9(8-15)6-10(11)16/h4-6,12-13,17H,7,16H2,1-3H3. The lowest BCUT2D eigenvalue weighted by atomic mass is 9.65. The van der Waals surface area contributed by atoms with Gasteiger partial charge in [0.15, 0.2) is 0 Å². The van der Waals surface area contributed by atoms with Gasteiger partial charge in [0.25, 0.3) is 0 Å². The van der Waals surface area contributed by atoms with E-state index in [2.05, 4.69) is 4.72 Å². The molecule has 2 rings (SSSR count). The number of nitrogen functional groups attached to an aromatic ring is 1. The van der Waals surface area contributed by atoms with Gasteiger partial charge in [-0.05, 0) is 24.6 Å². The van der Waals surface area contributed by atoms with E-state index in [1.54, 1.807) is 7.11 Å². The maximum Gasteiger partial charge on any atom is 0.242 e. The molecule has 0 spiro atoms. The molecule has 3 N–H and O–H groups in total. The average Bonchev–Trinajstić information content (AvgIpc) is 2.42. The highest BCUT2D eigenvalue weighted by Gasteiger charge is 2.50. The van der Waals surface area contributed by atoms with E-state index in [4.69, 9.17) is 15.7 Å². The van der Waals surface area contributed by atoms with Gasteiger partial charge in [-0.3, -0.25) is 0 Å². The van der Waals surface area contributed by atoms with Crippen molar-refractivity contribution in [3.8, 4) is 6.07 Å². The second-order valence-corrected chi connectivity index (χ2v) is 7.50. The number of nitrogens with zero attached hydrogens (tertiary/aromatic N) is 1. The van der Waals surface area contributed by atoms with Crippen molar-refractivity contribution in [3.63, 3.8) is 0 Å². The third-order valence-electron chi connectivity index (χ3n) is 4.19. The summed E-state index contributed by atoms with van der Waals surface area (Å²) < 4.78 is 32.8. The predicted molar refractivity (Wildman–Crippen MR) is 78.9 cm³/mol. The topological polar surface area (TPSA) is 105 Å². The monoisotopic (exact) mass is 309 g/mol. The number of benzene rings is 1. The Balaban J connectivity index is 2.23. The lowest BCUT2D eigenvalue weighted by molar-refractivity contribution is -0.0908. The minimum atomic E-state index is -3.72. The summed E-state index contributed by atoms with van der Waals surface area (Å²) in [6.45, 7) is 3.92. The molecule has 0 aliphatic heterocycles. The normalized spacial score (nSPS) is 24.1. The summed E-state index contributed by atoms with van der Waals surface area (Å²) in [6, 6.07) is 5.87. The maximum atomic E-state index is 12.4. The fourth-order valence-corrected chi connectivity index (χ4v) is 4.12. The molecule has 0 amide bonds. The molecule has 2 unspecified atom stereocenters. The second kappa shape index (κ2) is 5.30. The van der Waals surface area contributed by atoms with E-state index in [0.29, 0.717) is 12.0 Å². The molecule has 7 heteroatoms. The van der Waals surface area contributed by atoms with Crippen LogP contribution >= 0.6 is 0 Å². The summed E-state index contributed by atoms with van der Waals surface area (Å²) in [5.41, 5.74) is 5.87. The smallest absolute Gasteiger partial charge is 0.242 e. The van der Waals surface area contributed by atoms with Gasteiger partial charge in [0.05, 0.1) is 23.4 Å². The molecule has 114 valence electrons. The number of ether oxygens (including phenoxy) is 1. The Labute approximate surface area is 125 Å². The van der Waals surface area contributed by atoms with Gasteiger partial charge < -0.3 is 10.5 Å². The SMILES string of the molecule is COC1CC(NS(=O)(=O)c2ccc(C#N)cc2N)C1(C)C. The van der Waals surface area contributed by atoms with E-state index >= 15 is 0 Å². The number of anilines is 1. The first-order valence-electron chi connectivity index (χ1n) is 6.57. The Bertz CT molecular complexity index is 692. The van der Waals surface area contributed by atoms with Gasteiger partial charge in [-0.1, -0.05) is 13.8 Å². The lowest BCUT2D eigenvalue weighted by Crippen LogP contribution is -2.61. The molecule has 0 saturated heterocycles. The molecule has 0 radical (unpaired) electrons. The van der Waals surface area contributed by atoms with Crippen LogP contribution in [0.15, 0.2) is 23.1 Å². The van der Waals surface area contributed by atoms with Crippen LogP contribution in [0.1, 0.15) is 25.8 Å². The minimum absolute atomic E-state index is 0.00170. The third-order valence-corrected chi connectivity index (χ3v) is 5.73. The zero-order valence-corrected chi connectivity index (χ0v) is 13.1. The van der Waals surface area contributed by atoms with Gasteiger partial charge in [0.2, 0.25) is 10.0 Å². The predicted octanol–water partition coefficient (Wildman–Crippen LogP) is 1.23. The van der Waals surface area contributed by atoms with E-state index in [9.17, 15) is 8.42 Å². The molecule has 1 aliphatic carbocycles. The molecular weight excluding hydrogens is 290 g/mol. The summed E-state index contributed by atoms with van der Waals surface area (Å²) in [5, 5.41) is 8.79. The Morgan fingerprint density at radius 3 is 2.62 bits per heavy atom. The van der Waals surface area contributed by atoms with Crippen molar-refractivity contribution in [1.82, 2.24) is 4.72 Å². The van der Waals surface area contributed by atoms with Crippen LogP contribution in [0.3, 0.4) is 0 Å². The molecule has 1 aromatic rings. The van der Waals surface area contributed by atoms with Gasteiger partial charge in [-0.2, -0.15) is 5.26 Å². The van der Waals surface area contributed by atoms with Crippen LogP contribution in [-0.4, -0.2) is 27.7 Å². The first-order chi connectivity index (χ1) is 9.72. The zero-order chi connectivity index (χ0) is 15.8. The van der Waals surface area contributed by atoms with E-state index < -0.39 is 10.0 Å². The molecule has 0 heterocycles. The van der Waals surface area contributed by atoms with Gasteiger partial charge >= 0.3 is 0 Å². The van der Waals surface area contributed by atoms with Gasteiger partial charge in [-0.15, -0.1) is 0 Å². The summed E-state index contributed by atoms with van der Waals surface area (Å²) in [6.07, 6.45) is 0.655. The fraction of sp³-hybridized carbons (Fsp3) is 0.500. The van der Waals surface area contributed by atoms with Crippen molar-refractivity contribution in [2.24, 2.45) is 5.41 Å². The summed E-state index contributed by atoms with van der Waals surface area (Å²) in [5.74, 6) is 0. The lowest BCUT2D eigenvalue weighted by Gasteiger charge is -2.50. The Kier molecular flexibility index (Phi) is 3.97. The summed E-state index contributed by atoms with van der Waals surface area (Å²) in [4.78, 5) is -0.00170. The van der Waals surface area contributed by atoms with Crippen molar-refractivity contribution in [2.75, 3.05) is 12.8 Å². The minimum Gasteiger partial charge on any atom is -0.398 e. The first kappa shape index (κ1) is 15.8. The number of methoxy groups -OCH3 is 1. The Morgan fingerprint density at radius 1 is 1.48 bits per heavy atom. The van der Waals surface area contributed by atoms with Crippen LogP contribution < -0.4 is 10.5 Å². The van der Waals surface area contributed by atoms with Crippen molar-refractivity contribution >= 4 is 15.7 Å².